The predicted molar refractivity (Wildman–Crippen MR) is 139 cm³/mol. The van der Waals surface area contributed by atoms with E-state index in [2.05, 4.69) is 32.0 Å². The quantitative estimate of drug-likeness (QED) is 0.392. The summed E-state index contributed by atoms with van der Waals surface area (Å²) in [5.41, 5.74) is 10.6. The fourth-order valence-electron chi connectivity index (χ4n) is 4.77. The summed E-state index contributed by atoms with van der Waals surface area (Å²) in [4.78, 5) is 34.6. The van der Waals surface area contributed by atoms with Gasteiger partial charge in [-0.15, -0.1) is 0 Å². The number of piperidine rings is 1. The maximum atomic E-state index is 12.4. The molecule has 0 bridgehead atoms. The fourth-order valence-corrected chi connectivity index (χ4v) is 4.77. The summed E-state index contributed by atoms with van der Waals surface area (Å²) in [6, 6.07) is 4.09. The van der Waals surface area contributed by atoms with Crippen molar-refractivity contribution in [3.63, 3.8) is 0 Å². The normalized spacial score (nSPS) is 17.2. The second-order valence-corrected chi connectivity index (χ2v) is 9.90. The number of allylic oxidation sites excluding steroid dienone is 1. The highest BCUT2D eigenvalue weighted by Gasteiger charge is 2.35. The summed E-state index contributed by atoms with van der Waals surface area (Å²) in [6.07, 6.45) is 7.34. The van der Waals surface area contributed by atoms with E-state index in [0.29, 0.717) is 28.5 Å². The van der Waals surface area contributed by atoms with Crippen molar-refractivity contribution in [2.24, 2.45) is 11.7 Å². The van der Waals surface area contributed by atoms with Crippen molar-refractivity contribution < 1.29 is 9.59 Å². The van der Waals surface area contributed by atoms with Crippen molar-refractivity contribution >= 4 is 34.2 Å². The van der Waals surface area contributed by atoms with Crippen molar-refractivity contribution in [3.8, 4) is 11.3 Å². The number of anilines is 1. The molecule has 3 aromatic rings. The third kappa shape index (κ3) is 4.50. The Bertz CT molecular complexity index is 1380. The highest BCUT2D eigenvalue weighted by atomic mass is 16.2. The van der Waals surface area contributed by atoms with Crippen molar-refractivity contribution in [2.45, 2.75) is 52.5 Å². The van der Waals surface area contributed by atoms with Gasteiger partial charge in [0.25, 0.3) is 5.91 Å². The Kier molecular flexibility index (Phi) is 6.11. The van der Waals surface area contributed by atoms with Gasteiger partial charge < -0.3 is 20.9 Å². The van der Waals surface area contributed by atoms with E-state index in [9.17, 15) is 9.59 Å². The average molecular weight is 489 g/mol. The highest BCUT2D eigenvalue weighted by molar-refractivity contribution is 6.47. The molecule has 1 saturated heterocycles. The summed E-state index contributed by atoms with van der Waals surface area (Å²) in [6.45, 7) is 6.95. The zero-order valence-corrected chi connectivity index (χ0v) is 20.9. The lowest BCUT2D eigenvalue weighted by Crippen LogP contribution is -2.40. The highest BCUT2D eigenvalue weighted by Crippen LogP contribution is 2.34. The standard InChI is InChI=1S/C26H32N8O2/c1-14(15(2)27)23(28)25(35)31-19-10-18-11-22(32-24(18)29-12-19)21-13-30-34(16(21)3)20-6-8-33(9-7-20)26(36)17-4-5-17/h10-13,17,20,28H,4-9,27H2,1-3H3,(H,29,32)(H,31,35)/b15-14-,28-23?. The summed E-state index contributed by atoms with van der Waals surface area (Å²) in [5, 5.41) is 16.3. The minimum Gasteiger partial charge on any atom is -0.402 e. The molecule has 2 aliphatic rings. The molecule has 3 aromatic heterocycles. The number of nitrogens with zero attached hydrogens (tertiary/aromatic N) is 4. The number of aromatic amines is 1. The molecule has 1 aliphatic heterocycles. The van der Waals surface area contributed by atoms with Crippen LogP contribution in [-0.4, -0.2) is 55.3 Å². The van der Waals surface area contributed by atoms with E-state index in [4.69, 9.17) is 11.1 Å². The van der Waals surface area contributed by atoms with Crippen molar-refractivity contribution in [2.75, 3.05) is 18.4 Å². The van der Waals surface area contributed by atoms with Crippen LogP contribution in [0.3, 0.4) is 0 Å². The first kappa shape index (κ1) is 23.8. The van der Waals surface area contributed by atoms with Gasteiger partial charge in [0.15, 0.2) is 0 Å². The molecule has 0 atom stereocenters. The number of nitrogens with two attached hydrogens (primary N) is 1. The number of H-pyrrole nitrogens is 1. The zero-order chi connectivity index (χ0) is 25.6. The summed E-state index contributed by atoms with van der Waals surface area (Å²) in [5.74, 6) is 0.0638. The van der Waals surface area contributed by atoms with Gasteiger partial charge in [-0.05, 0) is 64.2 Å². The summed E-state index contributed by atoms with van der Waals surface area (Å²) < 4.78 is 2.08. The zero-order valence-electron chi connectivity index (χ0n) is 20.9. The molecule has 188 valence electrons. The van der Waals surface area contributed by atoms with Gasteiger partial charge in [-0.25, -0.2) is 4.98 Å². The minimum absolute atomic E-state index is 0.171. The van der Waals surface area contributed by atoms with Crippen LogP contribution in [0.15, 0.2) is 35.8 Å². The summed E-state index contributed by atoms with van der Waals surface area (Å²) >= 11 is 0. The Morgan fingerprint density at radius 2 is 1.86 bits per heavy atom. The van der Waals surface area contributed by atoms with Crippen LogP contribution >= 0.6 is 0 Å². The molecule has 2 fully saturated rings. The van der Waals surface area contributed by atoms with Gasteiger partial charge in [-0.2, -0.15) is 5.10 Å². The molecular formula is C26H32N8O2. The van der Waals surface area contributed by atoms with E-state index in [1.54, 1.807) is 20.0 Å². The molecule has 2 amide bonds. The number of hydrogen-bond donors (Lipinski definition) is 4. The number of nitrogens with one attached hydrogen (secondary N) is 3. The molecule has 0 spiro atoms. The molecule has 1 saturated carbocycles. The largest absolute Gasteiger partial charge is 0.402 e. The van der Waals surface area contributed by atoms with E-state index >= 15 is 0 Å². The third-order valence-electron chi connectivity index (χ3n) is 7.30. The predicted octanol–water partition coefficient (Wildman–Crippen LogP) is 3.52. The van der Waals surface area contributed by atoms with Crippen LogP contribution in [0.2, 0.25) is 0 Å². The van der Waals surface area contributed by atoms with E-state index in [-0.39, 0.29) is 17.7 Å². The first-order valence-electron chi connectivity index (χ1n) is 12.4. The number of hydrogen-bond acceptors (Lipinski definition) is 6. The second-order valence-electron chi connectivity index (χ2n) is 9.90. The van der Waals surface area contributed by atoms with Gasteiger partial charge in [0.2, 0.25) is 5.91 Å². The van der Waals surface area contributed by atoms with E-state index in [1.807, 2.05) is 23.2 Å². The molecule has 0 unspecified atom stereocenters. The van der Waals surface area contributed by atoms with Crippen LogP contribution in [0.25, 0.3) is 22.3 Å². The lowest BCUT2D eigenvalue weighted by atomic mass is 10.0. The molecule has 1 aliphatic carbocycles. The van der Waals surface area contributed by atoms with E-state index in [1.165, 1.54) is 0 Å². The molecule has 0 radical (unpaired) electrons. The van der Waals surface area contributed by atoms with Crippen LogP contribution in [0.1, 0.15) is 51.3 Å². The van der Waals surface area contributed by atoms with Gasteiger partial charge in [0, 0.05) is 41.3 Å². The number of fused-ring (bicyclic) bond motifs is 1. The monoisotopic (exact) mass is 488 g/mol. The van der Waals surface area contributed by atoms with E-state index < -0.39 is 5.91 Å². The number of amides is 2. The van der Waals surface area contributed by atoms with Crippen LogP contribution in [0.5, 0.6) is 0 Å². The van der Waals surface area contributed by atoms with Gasteiger partial charge in [0.1, 0.15) is 11.4 Å². The molecule has 5 rings (SSSR count). The lowest BCUT2D eigenvalue weighted by Gasteiger charge is -2.32. The Labute approximate surface area is 209 Å². The first-order chi connectivity index (χ1) is 17.2. The topological polar surface area (TPSA) is 146 Å². The number of carbonyl (C=O) groups is 2. The average Bonchev–Trinajstić information content (AvgIpc) is 3.53. The Balaban J connectivity index is 1.30. The van der Waals surface area contributed by atoms with Crippen LogP contribution in [0, 0.1) is 18.3 Å². The van der Waals surface area contributed by atoms with E-state index in [0.717, 1.165) is 61.1 Å². The third-order valence-corrected chi connectivity index (χ3v) is 7.30. The SMILES string of the molecule is C/C(N)=C(\C)C(=N)C(=O)Nc1cnc2[nH]c(-c3cnn(C4CCN(C(=O)C5CC5)CC4)c3C)cc2c1. The number of rotatable bonds is 6. The van der Waals surface area contributed by atoms with Crippen LogP contribution in [-0.2, 0) is 9.59 Å². The van der Waals surface area contributed by atoms with Gasteiger partial charge in [-0.3, -0.25) is 19.7 Å². The van der Waals surface area contributed by atoms with Crippen LogP contribution < -0.4 is 11.1 Å². The molecule has 0 aromatic carbocycles. The molecule has 10 nitrogen and oxygen atoms in total. The smallest absolute Gasteiger partial charge is 0.273 e. The number of pyridine rings is 1. The first-order valence-corrected chi connectivity index (χ1v) is 12.4. The minimum atomic E-state index is -0.531. The second kappa shape index (κ2) is 9.25. The Morgan fingerprint density at radius 3 is 2.53 bits per heavy atom. The maximum Gasteiger partial charge on any atom is 0.273 e. The summed E-state index contributed by atoms with van der Waals surface area (Å²) in [7, 11) is 0. The molecule has 4 heterocycles. The fraction of sp³-hybridized carbons (Fsp3) is 0.423. The van der Waals surface area contributed by atoms with Crippen molar-refractivity contribution in [3.05, 3.63) is 41.5 Å². The molecule has 36 heavy (non-hydrogen) atoms. The molecule has 10 heteroatoms. The van der Waals surface area contributed by atoms with Gasteiger partial charge in [-0.1, -0.05) is 0 Å². The van der Waals surface area contributed by atoms with Gasteiger partial charge >= 0.3 is 0 Å². The lowest BCUT2D eigenvalue weighted by molar-refractivity contribution is -0.133. The Hall–Kier alpha value is -3.95. The van der Waals surface area contributed by atoms with Crippen molar-refractivity contribution in [1.29, 1.82) is 5.41 Å². The number of likely N-dealkylation sites (tertiary alicyclic amines) is 1. The van der Waals surface area contributed by atoms with Crippen LogP contribution in [0.4, 0.5) is 5.69 Å². The Morgan fingerprint density at radius 1 is 1.14 bits per heavy atom. The van der Waals surface area contributed by atoms with Gasteiger partial charge in [0.05, 0.1) is 29.8 Å². The number of carbonyl (C=O) groups excluding carboxylic acids is 2. The number of aromatic nitrogens is 4. The molecular weight excluding hydrogens is 456 g/mol. The van der Waals surface area contributed by atoms with Crippen molar-refractivity contribution in [1.82, 2.24) is 24.6 Å². The molecule has 5 N–H and O–H groups in total. The maximum absolute atomic E-state index is 12.4.